The van der Waals surface area contributed by atoms with Crippen LogP contribution in [0.15, 0.2) is 42.7 Å². The Hall–Kier alpha value is -3.17. The summed E-state index contributed by atoms with van der Waals surface area (Å²) in [4.78, 5) is 4.40. The lowest BCUT2D eigenvalue weighted by Crippen LogP contribution is -2.13. The fourth-order valence-corrected chi connectivity index (χ4v) is 2.31. The Kier molecular flexibility index (Phi) is 3.12. The van der Waals surface area contributed by atoms with E-state index in [1.54, 1.807) is 6.07 Å². The number of nitrogens with zero attached hydrogens (tertiary/aromatic N) is 6. The van der Waals surface area contributed by atoms with E-state index in [1.807, 2.05) is 35.0 Å². The van der Waals surface area contributed by atoms with E-state index >= 15 is 0 Å². The highest BCUT2D eigenvalue weighted by atomic mass is 19.4. The van der Waals surface area contributed by atoms with E-state index < -0.39 is 12.0 Å². The summed E-state index contributed by atoms with van der Waals surface area (Å²) in [6, 6.07) is 8.58. The second-order valence-electron chi connectivity index (χ2n) is 5.06. The van der Waals surface area contributed by atoms with Crippen LogP contribution in [0, 0.1) is 0 Å². The fraction of sp³-hybridized carbons (Fsp3) is 0.143. The molecule has 1 N–H and O–H groups in total. The van der Waals surface area contributed by atoms with E-state index in [0.29, 0.717) is 11.1 Å². The highest BCUT2D eigenvalue weighted by Gasteiger charge is 2.37. The Bertz CT molecular complexity index is 985. The summed E-state index contributed by atoms with van der Waals surface area (Å²) in [5, 5.41) is 13.4. The molecule has 0 aliphatic heterocycles. The van der Waals surface area contributed by atoms with Crippen molar-refractivity contribution in [1.82, 2.24) is 29.2 Å². The number of rotatable bonds is 3. The third-order valence-corrected chi connectivity index (χ3v) is 3.38. The van der Waals surface area contributed by atoms with Crippen molar-refractivity contribution in [3.63, 3.8) is 0 Å². The number of anilines is 1. The van der Waals surface area contributed by atoms with E-state index in [9.17, 15) is 13.2 Å². The maximum Gasteiger partial charge on any atom is 0.453 e. The molecule has 4 aromatic rings. The van der Waals surface area contributed by atoms with Crippen molar-refractivity contribution in [2.24, 2.45) is 0 Å². The molecule has 7 nitrogen and oxygen atoms in total. The molecule has 122 valence electrons. The van der Waals surface area contributed by atoms with Crippen LogP contribution in [-0.2, 0) is 12.7 Å². The lowest BCUT2D eigenvalue weighted by Gasteiger charge is -2.06. The molecule has 4 rings (SSSR count). The molecule has 0 radical (unpaired) electrons. The first-order chi connectivity index (χ1) is 11.5. The molecule has 0 atom stereocenters. The van der Waals surface area contributed by atoms with E-state index in [4.69, 9.17) is 0 Å². The van der Waals surface area contributed by atoms with Crippen LogP contribution in [0.4, 0.5) is 19.0 Å². The van der Waals surface area contributed by atoms with Gasteiger partial charge < -0.3 is 9.72 Å². The average Bonchev–Trinajstić information content (AvgIpc) is 3.15. The molecule has 0 aliphatic carbocycles. The van der Waals surface area contributed by atoms with Gasteiger partial charge in [-0.15, -0.1) is 15.3 Å². The zero-order chi connectivity index (χ0) is 16.7. The Morgan fingerprint density at radius 1 is 1.04 bits per heavy atom. The predicted octanol–water partition coefficient (Wildman–Crippen LogP) is 2.40. The van der Waals surface area contributed by atoms with Gasteiger partial charge in [0, 0.05) is 12.4 Å². The highest BCUT2D eigenvalue weighted by Crippen LogP contribution is 2.27. The molecule has 4 aromatic heterocycles. The van der Waals surface area contributed by atoms with Crippen molar-refractivity contribution >= 4 is 17.1 Å². The molecular formula is C14H10F3N7. The first-order valence-corrected chi connectivity index (χ1v) is 6.97. The third kappa shape index (κ3) is 2.51. The van der Waals surface area contributed by atoms with Gasteiger partial charge in [0.1, 0.15) is 11.5 Å². The SMILES string of the molecule is FC(F)(F)c1nnc2ccc(NCc3cn4ccccc4n3)nn12. The fourth-order valence-electron chi connectivity index (χ4n) is 2.31. The standard InChI is InChI=1S/C14H10F3N7/c15-14(16,17)13-21-20-12-5-4-10(22-24(12)13)18-7-9-8-23-6-2-1-3-11(23)19-9/h1-6,8H,7H2,(H,18,22). The van der Waals surface area contributed by atoms with Crippen LogP contribution < -0.4 is 5.32 Å². The van der Waals surface area contributed by atoms with Gasteiger partial charge >= 0.3 is 6.18 Å². The normalized spacial score (nSPS) is 12.1. The van der Waals surface area contributed by atoms with Gasteiger partial charge in [-0.3, -0.25) is 0 Å². The van der Waals surface area contributed by atoms with Crippen LogP contribution in [0.25, 0.3) is 11.3 Å². The first kappa shape index (κ1) is 14.4. The summed E-state index contributed by atoms with van der Waals surface area (Å²) in [6.07, 6.45) is -0.920. The van der Waals surface area contributed by atoms with Crippen molar-refractivity contribution in [3.8, 4) is 0 Å². The number of aromatic nitrogens is 6. The second kappa shape index (κ2) is 5.18. The van der Waals surface area contributed by atoms with Crippen molar-refractivity contribution in [1.29, 1.82) is 0 Å². The largest absolute Gasteiger partial charge is 0.453 e. The second-order valence-corrected chi connectivity index (χ2v) is 5.06. The third-order valence-electron chi connectivity index (χ3n) is 3.38. The van der Waals surface area contributed by atoms with Gasteiger partial charge in [-0.05, 0) is 24.3 Å². The highest BCUT2D eigenvalue weighted by molar-refractivity contribution is 5.45. The van der Waals surface area contributed by atoms with Crippen molar-refractivity contribution in [2.75, 3.05) is 5.32 Å². The lowest BCUT2D eigenvalue weighted by molar-refractivity contribution is -0.146. The van der Waals surface area contributed by atoms with Crippen LogP contribution in [-0.4, -0.2) is 29.2 Å². The van der Waals surface area contributed by atoms with E-state index in [0.717, 1.165) is 11.3 Å². The number of fused-ring (bicyclic) bond motifs is 2. The average molecular weight is 333 g/mol. The topological polar surface area (TPSA) is 72.4 Å². The van der Waals surface area contributed by atoms with Crippen molar-refractivity contribution < 1.29 is 13.2 Å². The lowest BCUT2D eigenvalue weighted by atomic mass is 10.4. The van der Waals surface area contributed by atoms with Gasteiger partial charge in [-0.1, -0.05) is 6.07 Å². The minimum absolute atomic E-state index is 0.0283. The maximum atomic E-state index is 12.9. The molecule has 0 unspecified atom stereocenters. The molecule has 0 saturated carbocycles. The van der Waals surface area contributed by atoms with E-state index in [-0.39, 0.29) is 11.5 Å². The Morgan fingerprint density at radius 2 is 1.92 bits per heavy atom. The van der Waals surface area contributed by atoms with Gasteiger partial charge in [0.15, 0.2) is 5.65 Å². The number of hydrogen-bond donors (Lipinski definition) is 1. The minimum Gasteiger partial charge on any atom is -0.363 e. The van der Waals surface area contributed by atoms with Crippen LogP contribution in [0.2, 0.25) is 0 Å². The Morgan fingerprint density at radius 3 is 2.71 bits per heavy atom. The molecule has 0 amide bonds. The number of hydrogen-bond acceptors (Lipinski definition) is 5. The molecule has 0 fully saturated rings. The molecule has 0 aliphatic rings. The number of imidazole rings is 1. The van der Waals surface area contributed by atoms with Crippen LogP contribution in [0.5, 0.6) is 0 Å². The number of nitrogens with one attached hydrogen (secondary N) is 1. The summed E-state index contributed by atoms with van der Waals surface area (Å²) in [5.41, 5.74) is 1.55. The van der Waals surface area contributed by atoms with E-state index in [1.165, 1.54) is 6.07 Å². The van der Waals surface area contributed by atoms with Gasteiger partial charge in [0.05, 0.1) is 12.2 Å². The molecular weight excluding hydrogens is 323 g/mol. The molecule has 0 spiro atoms. The van der Waals surface area contributed by atoms with Gasteiger partial charge in [-0.25, -0.2) is 4.98 Å². The smallest absolute Gasteiger partial charge is 0.363 e. The monoisotopic (exact) mass is 333 g/mol. The summed E-state index contributed by atoms with van der Waals surface area (Å²) in [5.74, 6) is -0.890. The molecule has 4 heterocycles. The van der Waals surface area contributed by atoms with Crippen LogP contribution in [0.1, 0.15) is 11.5 Å². The maximum absolute atomic E-state index is 12.9. The Balaban J connectivity index is 1.60. The molecule has 24 heavy (non-hydrogen) atoms. The summed E-state index contributed by atoms with van der Waals surface area (Å²) >= 11 is 0. The first-order valence-electron chi connectivity index (χ1n) is 6.97. The number of alkyl halides is 3. The van der Waals surface area contributed by atoms with Crippen LogP contribution in [0.3, 0.4) is 0 Å². The van der Waals surface area contributed by atoms with Crippen molar-refractivity contribution in [2.45, 2.75) is 12.7 Å². The van der Waals surface area contributed by atoms with Gasteiger partial charge in [-0.2, -0.15) is 17.7 Å². The number of halogens is 3. The molecule has 0 saturated heterocycles. The minimum atomic E-state index is -4.62. The van der Waals surface area contributed by atoms with Gasteiger partial charge in [0.2, 0.25) is 0 Å². The predicted molar refractivity (Wildman–Crippen MR) is 78.3 cm³/mol. The van der Waals surface area contributed by atoms with Crippen molar-refractivity contribution in [3.05, 3.63) is 54.2 Å². The van der Waals surface area contributed by atoms with Crippen LogP contribution >= 0.6 is 0 Å². The van der Waals surface area contributed by atoms with Gasteiger partial charge in [0.25, 0.3) is 5.82 Å². The molecule has 0 aromatic carbocycles. The molecule has 0 bridgehead atoms. The zero-order valence-electron chi connectivity index (χ0n) is 12.1. The quantitative estimate of drug-likeness (QED) is 0.623. The number of pyridine rings is 1. The Labute approximate surface area is 132 Å². The summed E-state index contributed by atoms with van der Waals surface area (Å²) in [6.45, 7) is 0.323. The molecule has 10 heteroatoms. The zero-order valence-corrected chi connectivity index (χ0v) is 12.1. The summed E-state index contributed by atoms with van der Waals surface area (Å²) in [7, 11) is 0. The van der Waals surface area contributed by atoms with E-state index in [2.05, 4.69) is 25.6 Å². The summed E-state index contributed by atoms with van der Waals surface area (Å²) < 4.78 is 41.1.